The highest BCUT2D eigenvalue weighted by Gasteiger charge is 2.44. The number of nitrogens with one attached hydrogen (secondary N) is 1. The van der Waals surface area contributed by atoms with Crippen LogP contribution in [0.1, 0.15) is 28.2 Å². The second-order valence-corrected chi connectivity index (χ2v) is 7.53. The first-order valence-corrected chi connectivity index (χ1v) is 9.22. The highest BCUT2D eigenvalue weighted by atomic mass is 32.1. The zero-order chi connectivity index (χ0) is 20.6. The van der Waals surface area contributed by atoms with Gasteiger partial charge in [0.1, 0.15) is 17.0 Å². The van der Waals surface area contributed by atoms with Gasteiger partial charge >= 0.3 is 6.18 Å². The third-order valence-corrected chi connectivity index (χ3v) is 5.80. The van der Waals surface area contributed by atoms with Gasteiger partial charge in [0.15, 0.2) is 0 Å². The van der Waals surface area contributed by atoms with Crippen molar-refractivity contribution in [1.29, 1.82) is 5.26 Å². The molecule has 146 valence electrons. The lowest BCUT2D eigenvalue weighted by Crippen LogP contribution is -2.32. The van der Waals surface area contributed by atoms with Crippen LogP contribution < -0.4 is 5.32 Å². The summed E-state index contributed by atoms with van der Waals surface area (Å²) in [7, 11) is 1.54. The van der Waals surface area contributed by atoms with Crippen LogP contribution in [0.2, 0.25) is 0 Å². The number of nitrogens with zero attached hydrogens (tertiary/aromatic N) is 2. The molecular weight excluding hydrogens is 391 g/mol. The predicted octanol–water partition coefficient (Wildman–Crippen LogP) is 3.76. The van der Waals surface area contributed by atoms with E-state index < -0.39 is 35.4 Å². The molecule has 2 aromatic rings. The Kier molecular flexibility index (Phi) is 5.17. The average molecular weight is 407 g/mol. The molecule has 28 heavy (non-hydrogen) atoms. The van der Waals surface area contributed by atoms with E-state index in [1.165, 1.54) is 28.4 Å². The molecule has 0 unspecified atom stereocenters. The zero-order valence-electron chi connectivity index (χ0n) is 15.0. The second kappa shape index (κ2) is 7.28. The Morgan fingerprint density at radius 2 is 1.96 bits per heavy atom. The standard InChI is InChI=1S/C19H16F3N3O2S/c1-10-9-28-17(13(10)7-23)24-16(26)15-14(8-25(2)18(15)27)11-3-5-12(6-4-11)19(20,21)22/h3-6,9,14-15H,8H2,1-2H3,(H,24,26)/t14-,15+/m0/s1. The summed E-state index contributed by atoms with van der Waals surface area (Å²) in [5, 5.41) is 13.9. The van der Waals surface area contributed by atoms with Crippen molar-refractivity contribution in [3.05, 3.63) is 51.9 Å². The SMILES string of the molecule is Cc1csc(NC(=O)[C@@H]2C(=O)N(C)C[C@H]2c2ccc(C(F)(F)F)cc2)c1C#N. The van der Waals surface area contributed by atoms with Crippen molar-refractivity contribution in [2.75, 3.05) is 18.9 Å². The summed E-state index contributed by atoms with van der Waals surface area (Å²) in [6.45, 7) is 1.96. The molecule has 1 aromatic heterocycles. The molecule has 0 spiro atoms. The Labute approximate surface area is 163 Å². The Hall–Kier alpha value is -2.86. The molecule has 9 heteroatoms. The summed E-state index contributed by atoms with van der Waals surface area (Å²) in [6, 6.07) is 6.52. The van der Waals surface area contributed by atoms with E-state index in [1.807, 2.05) is 6.07 Å². The van der Waals surface area contributed by atoms with Gasteiger partial charge in [-0.25, -0.2) is 0 Å². The number of benzene rings is 1. The first kappa shape index (κ1) is 19.9. The molecule has 2 atom stereocenters. The lowest BCUT2D eigenvalue weighted by Gasteiger charge is -2.17. The zero-order valence-corrected chi connectivity index (χ0v) is 15.8. The number of halogens is 3. The summed E-state index contributed by atoms with van der Waals surface area (Å²) in [5.41, 5.74) is 0.747. The Balaban J connectivity index is 1.88. The quantitative estimate of drug-likeness (QED) is 0.788. The molecule has 0 saturated carbocycles. The molecule has 1 aliphatic rings. The van der Waals surface area contributed by atoms with Crippen LogP contribution in [-0.4, -0.2) is 30.3 Å². The monoisotopic (exact) mass is 407 g/mol. The van der Waals surface area contributed by atoms with E-state index in [1.54, 1.807) is 19.4 Å². The average Bonchev–Trinajstić information content (AvgIpc) is 3.13. The summed E-state index contributed by atoms with van der Waals surface area (Å²) < 4.78 is 38.4. The van der Waals surface area contributed by atoms with Crippen LogP contribution >= 0.6 is 11.3 Å². The number of carbonyl (C=O) groups is 2. The van der Waals surface area contributed by atoms with E-state index in [2.05, 4.69) is 5.32 Å². The number of hydrogen-bond acceptors (Lipinski definition) is 4. The number of thiophene rings is 1. The lowest BCUT2D eigenvalue weighted by molar-refractivity contribution is -0.138. The van der Waals surface area contributed by atoms with Gasteiger partial charge in [-0.05, 0) is 35.6 Å². The van der Waals surface area contributed by atoms with E-state index in [9.17, 15) is 28.0 Å². The van der Waals surface area contributed by atoms with Crippen molar-refractivity contribution in [1.82, 2.24) is 4.90 Å². The number of alkyl halides is 3. The number of carbonyl (C=O) groups excluding carboxylic acids is 2. The molecule has 2 amide bonds. The first-order valence-electron chi connectivity index (χ1n) is 8.34. The van der Waals surface area contributed by atoms with E-state index in [-0.39, 0.29) is 6.54 Å². The van der Waals surface area contributed by atoms with E-state index >= 15 is 0 Å². The van der Waals surface area contributed by atoms with Crippen LogP contribution in [0.3, 0.4) is 0 Å². The Bertz CT molecular complexity index is 960. The number of likely N-dealkylation sites (N-methyl/N-ethyl adjacent to an activating group) is 1. The van der Waals surface area contributed by atoms with Gasteiger partial charge in [0, 0.05) is 19.5 Å². The van der Waals surface area contributed by atoms with Gasteiger partial charge in [-0.1, -0.05) is 12.1 Å². The second-order valence-electron chi connectivity index (χ2n) is 6.65. The highest BCUT2D eigenvalue weighted by molar-refractivity contribution is 7.14. The summed E-state index contributed by atoms with van der Waals surface area (Å²) in [5.74, 6) is -2.63. The van der Waals surface area contributed by atoms with Crippen molar-refractivity contribution in [3.8, 4) is 6.07 Å². The first-order chi connectivity index (χ1) is 13.1. The Morgan fingerprint density at radius 1 is 1.32 bits per heavy atom. The minimum Gasteiger partial charge on any atom is -0.344 e. The van der Waals surface area contributed by atoms with Crippen molar-refractivity contribution >= 4 is 28.2 Å². The van der Waals surface area contributed by atoms with Crippen LogP contribution in [0.15, 0.2) is 29.6 Å². The predicted molar refractivity (Wildman–Crippen MR) is 97.7 cm³/mol. The molecule has 0 bridgehead atoms. The van der Waals surface area contributed by atoms with Gasteiger partial charge in [-0.2, -0.15) is 18.4 Å². The van der Waals surface area contributed by atoms with Crippen molar-refractivity contribution in [2.45, 2.75) is 19.0 Å². The number of anilines is 1. The third-order valence-electron chi connectivity index (χ3n) is 4.79. The number of aryl methyl sites for hydroxylation is 1. The molecule has 0 aliphatic carbocycles. The van der Waals surface area contributed by atoms with Crippen LogP contribution in [0.5, 0.6) is 0 Å². The minimum absolute atomic E-state index is 0.219. The van der Waals surface area contributed by atoms with Crippen molar-refractivity contribution in [3.63, 3.8) is 0 Å². The van der Waals surface area contributed by atoms with Gasteiger partial charge in [0.25, 0.3) is 0 Å². The summed E-state index contributed by atoms with van der Waals surface area (Å²) in [4.78, 5) is 26.7. The molecule has 5 nitrogen and oxygen atoms in total. The van der Waals surface area contributed by atoms with Crippen LogP contribution in [0, 0.1) is 24.2 Å². The Morgan fingerprint density at radius 3 is 2.54 bits per heavy atom. The number of rotatable bonds is 3. The molecule has 1 fully saturated rings. The van der Waals surface area contributed by atoms with Crippen molar-refractivity contribution < 1.29 is 22.8 Å². The molecule has 2 heterocycles. The molecule has 1 saturated heterocycles. The van der Waals surface area contributed by atoms with Crippen LogP contribution in [0.25, 0.3) is 0 Å². The topological polar surface area (TPSA) is 73.2 Å². The van der Waals surface area contributed by atoms with E-state index in [4.69, 9.17) is 0 Å². The minimum atomic E-state index is -4.46. The maximum absolute atomic E-state index is 12.8. The lowest BCUT2D eigenvalue weighted by atomic mass is 9.87. The van der Waals surface area contributed by atoms with Gasteiger partial charge in [-0.3, -0.25) is 9.59 Å². The molecular formula is C19H16F3N3O2S. The molecule has 0 radical (unpaired) electrons. The summed E-state index contributed by atoms with van der Waals surface area (Å²) >= 11 is 1.19. The maximum Gasteiger partial charge on any atom is 0.416 e. The molecule has 1 aromatic carbocycles. The normalized spacial score (nSPS) is 19.6. The maximum atomic E-state index is 12.8. The third kappa shape index (κ3) is 3.60. The van der Waals surface area contributed by atoms with Gasteiger partial charge in [-0.15, -0.1) is 11.3 Å². The summed E-state index contributed by atoms with van der Waals surface area (Å²) in [6.07, 6.45) is -4.46. The number of amides is 2. The smallest absolute Gasteiger partial charge is 0.344 e. The van der Waals surface area contributed by atoms with Crippen molar-refractivity contribution in [2.24, 2.45) is 5.92 Å². The van der Waals surface area contributed by atoms with Gasteiger partial charge in [0.05, 0.1) is 11.1 Å². The molecule has 3 rings (SSSR count). The molecule has 1 aliphatic heterocycles. The number of likely N-dealkylation sites (tertiary alicyclic amines) is 1. The van der Waals surface area contributed by atoms with E-state index in [0.717, 1.165) is 17.7 Å². The highest BCUT2D eigenvalue weighted by Crippen LogP contribution is 2.37. The largest absolute Gasteiger partial charge is 0.416 e. The number of nitriles is 1. The molecule has 1 N–H and O–H groups in total. The van der Waals surface area contributed by atoms with Crippen LogP contribution in [-0.2, 0) is 15.8 Å². The fourth-order valence-corrected chi connectivity index (χ4v) is 4.17. The van der Waals surface area contributed by atoms with Crippen LogP contribution in [0.4, 0.5) is 18.2 Å². The fraction of sp³-hybridized carbons (Fsp3) is 0.316. The number of hydrogen-bond donors (Lipinski definition) is 1. The van der Waals surface area contributed by atoms with E-state index in [0.29, 0.717) is 16.1 Å². The van der Waals surface area contributed by atoms with Gasteiger partial charge < -0.3 is 10.2 Å². The van der Waals surface area contributed by atoms with Gasteiger partial charge in [0.2, 0.25) is 11.8 Å². The fourth-order valence-electron chi connectivity index (χ4n) is 3.28.